The zero-order chi connectivity index (χ0) is 21.1. The molecular weight excluding hydrogens is 426 g/mol. The van der Waals surface area contributed by atoms with Crippen LogP contribution in [0.15, 0.2) is 28.7 Å². The fourth-order valence-corrected chi connectivity index (χ4v) is 6.58. The number of nitrogens with zero attached hydrogens (tertiary/aromatic N) is 5. The number of piperidine rings is 1. The smallest absolute Gasteiger partial charge is 0.349 e. The number of ether oxygens (including phenoxy) is 1. The second-order valence-electron chi connectivity index (χ2n) is 7.28. The number of carbonyl (C=O) groups is 1. The fraction of sp³-hybridized carbons (Fsp3) is 0.526. The van der Waals surface area contributed by atoms with Crippen molar-refractivity contribution in [2.45, 2.75) is 24.2 Å². The molecule has 4 heterocycles. The summed E-state index contributed by atoms with van der Waals surface area (Å²) in [6.45, 7) is 3.70. The number of thiophene rings is 1. The summed E-state index contributed by atoms with van der Waals surface area (Å²) >= 11 is 1.07. The maximum absolute atomic E-state index is 13.1. The Kier molecular flexibility index (Phi) is 6.21. The van der Waals surface area contributed by atoms with Crippen LogP contribution in [0.4, 0.5) is 11.6 Å². The molecule has 2 fully saturated rings. The van der Waals surface area contributed by atoms with Crippen LogP contribution in [0.3, 0.4) is 0 Å². The van der Waals surface area contributed by atoms with Gasteiger partial charge in [-0.15, -0.1) is 11.3 Å². The normalized spacial score (nSPS) is 18.4. The summed E-state index contributed by atoms with van der Waals surface area (Å²) in [6.07, 6.45) is 5.18. The van der Waals surface area contributed by atoms with Crippen molar-refractivity contribution in [1.29, 1.82) is 0 Å². The minimum Gasteiger partial charge on any atom is -0.465 e. The van der Waals surface area contributed by atoms with E-state index >= 15 is 0 Å². The molecule has 4 rings (SSSR count). The van der Waals surface area contributed by atoms with Crippen LogP contribution < -0.4 is 9.80 Å². The van der Waals surface area contributed by atoms with Gasteiger partial charge < -0.3 is 14.5 Å². The molecule has 0 aromatic carbocycles. The van der Waals surface area contributed by atoms with Crippen molar-refractivity contribution in [2.75, 3.05) is 56.2 Å². The Morgan fingerprint density at radius 3 is 2.27 bits per heavy atom. The molecule has 2 aromatic heterocycles. The number of piperazine rings is 1. The Balaban J connectivity index is 1.45. The summed E-state index contributed by atoms with van der Waals surface area (Å²) in [5.41, 5.74) is 0. The first-order chi connectivity index (χ1) is 14.5. The zero-order valence-electron chi connectivity index (χ0n) is 16.9. The Hall–Kier alpha value is -2.24. The van der Waals surface area contributed by atoms with Crippen LogP contribution in [-0.2, 0) is 14.8 Å². The second kappa shape index (κ2) is 8.86. The van der Waals surface area contributed by atoms with Crippen molar-refractivity contribution in [3.63, 3.8) is 0 Å². The van der Waals surface area contributed by atoms with Crippen molar-refractivity contribution in [1.82, 2.24) is 14.3 Å². The van der Waals surface area contributed by atoms with Gasteiger partial charge in [0.1, 0.15) is 27.7 Å². The number of rotatable bonds is 5. The molecule has 9 nitrogen and oxygen atoms in total. The van der Waals surface area contributed by atoms with Crippen LogP contribution in [0.2, 0.25) is 0 Å². The zero-order valence-corrected chi connectivity index (χ0v) is 18.5. The highest BCUT2D eigenvalue weighted by atomic mass is 32.2. The van der Waals surface area contributed by atoms with E-state index in [2.05, 4.69) is 19.8 Å². The van der Waals surface area contributed by atoms with Crippen LogP contribution in [0, 0.1) is 0 Å². The Labute approximate surface area is 180 Å². The van der Waals surface area contributed by atoms with Gasteiger partial charge in [-0.2, -0.15) is 4.31 Å². The lowest BCUT2D eigenvalue weighted by atomic mass is 10.1. The van der Waals surface area contributed by atoms with Crippen molar-refractivity contribution >= 4 is 39.0 Å². The van der Waals surface area contributed by atoms with E-state index in [1.807, 2.05) is 6.07 Å². The monoisotopic (exact) mass is 451 g/mol. The van der Waals surface area contributed by atoms with Crippen LogP contribution >= 0.6 is 11.3 Å². The molecule has 0 spiro atoms. The molecule has 162 valence electrons. The molecule has 0 atom stereocenters. The van der Waals surface area contributed by atoms with Gasteiger partial charge in [-0.1, -0.05) is 0 Å². The standard InChI is InChI=1S/C19H25N5O4S2/c1-28-19(25)18-15(5-12-29-18)30(26,27)24-10-8-23(9-11-24)17-13-16(20-14-21-17)22-6-3-2-4-7-22/h5,12-14H,2-4,6-11H2,1H3. The van der Waals surface area contributed by atoms with Gasteiger partial charge >= 0.3 is 5.97 Å². The lowest BCUT2D eigenvalue weighted by Crippen LogP contribution is -2.49. The van der Waals surface area contributed by atoms with Crippen LogP contribution in [0.25, 0.3) is 0 Å². The fourth-order valence-electron chi connectivity index (χ4n) is 3.84. The van der Waals surface area contributed by atoms with E-state index in [0.717, 1.165) is 36.1 Å². The van der Waals surface area contributed by atoms with E-state index < -0.39 is 16.0 Å². The highest BCUT2D eigenvalue weighted by Gasteiger charge is 2.33. The molecule has 2 aromatic rings. The van der Waals surface area contributed by atoms with E-state index in [-0.39, 0.29) is 9.77 Å². The van der Waals surface area contributed by atoms with E-state index in [1.54, 1.807) is 11.7 Å². The third-order valence-electron chi connectivity index (χ3n) is 5.50. The molecule has 0 bridgehead atoms. The lowest BCUT2D eigenvalue weighted by molar-refractivity contribution is 0.0602. The predicted octanol–water partition coefficient (Wildman–Crippen LogP) is 1.83. The van der Waals surface area contributed by atoms with Gasteiger partial charge in [-0.25, -0.2) is 23.2 Å². The molecule has 2 aliphatic heterocycles. The van der Waals surface area contributed by atoms with Crippen LogP contribution in [-0.4, -0.2) is 75.0 Å². The molecule has 0 aliphatic carbocycles. The van der Waals surface area contributed by atoms with Gasteiger partial charge in [0.25, 0.3) is 0 Å². The van der Waals surface area contributed by atoms with Crippen LogP contribution in [0.1, 0.15) is 28.9 Å². The average molecular weight is 452 g/mol. The third-order valence-corrected chi connectivity index (χ3v) is 8.46. The number of methoxy groups -OCH3 is 1. The summed E-state index contributed by atoms with van der Waals surface area (Å²) < 4.78 is 32.3. The van der Waals surface area contributed by atoms with Crippen molar-refractivity contribution < 1.29 is 17.9 Å². The maximum atomic E-state index is 13.1. The predicted molar refractivity (Wildman–Crippen MR) is 115 cm³/mol. The minimum absolute atomic E-state index is 0.0159. The second-order valence-corrected chi connectivity index (χ2v) is 10.1. The molecular formula is C19H25N5O4S2. The highest BCUT2D eigenvalue weighted by Crippen LogP contribution is 2.28. The Morgan fingerprint density at radius 1 is 1.00 bits per heavy atom. The molecule has 0 amide bonds. The van der Waals surface area contributed by atoms with Gasteiger partial charge in [0, 0.05) is 45.3 Å². The Morgan fingerprint density at radius 2 is 1.63 bits per heavy atom. The SMILES string of the molecule is COC(=O)c1sccc1S(=O)(=O)N1CCN(c2cc(N3CCCCC3)ncn2)CC1. The first kappa shape index (κ1) is 21.0. The van der Waals surface area contributed by atoms with Gasteiger partial charge in [0.05, 0.1) is 7.11 Å². The topological polar surface area (TPSA) is 95.9 Å². The van der Waals surface area contributed by atoms with E-state index in [4.69, 9.17) is 4.74 Å². The van der Waals surface area contributed by atoms with Crippen molar-refractivity contribution in [3.05, 3.63) is 28.7 Å². The molecule has 0 N–H and O–H groups in total. The first-order valence-electron chi connectivity index (χ1n) is 9.98. The molecule has 0 radical (unpaired) electrons. The van der Waals surface area contributed by atoms with Gasteiger partial charge in [0.15, 0.2) is 0 Å². The molecule has 30 heavy (non-hydrogen) atoms. The van der Waals surface area contributed by atoms with E-state index in [9.17, 15) is 13.2 Å². The number of carbonyl (C=O) groups excluding carboxylic acids is 1. The largest absolute Gasteiger partial charge is 0.465 e. The van der Waals surface area contributed by atoms with Crippen molar-refractivity contribution in [3.8, 4) is 0 Å². The third kappa shape index (κ3) is 4.14. The van der Waals surface area contributed by atoms with Crippen LogP contribution in [0.5, 0.6) is 0 Å². The molecule has 0 unspecified atom stereocenters. The quantitative estimate of drug-likeness (QED) is 0.636. The van der Waals surface area contributed by atoms with E-state index in [0.29, 0.717) is 26.2 Å². The summed E-state index contributed by atoms with van der Waals surface area (Å²) in [5.74, 6) is 1.11. The van der Waals surface area contributed by atoms with Crippen molar-refractivity contribution in [2.24, 2.45) is 0 Å². The molecule has 0 saturated carbocycles. The highest BCUT2D eigenvalue weighted by molar-refractivity contribution is 7.89. The molecule has 11 heteroatoms. The first-order valence-corrected chi connectivity index (χ1v) is 12.3. The number of hydrogen-bond donors (Lipinski definition) is 0. The van der Waals surface area contributed by atoms with E-state index in [1.165, 1.54) is 36.7 Å². The summed E-state index contributed by atoms with van der Waals surface area (Å²) in [7, 11) is -2.51. The summed E-state index contributed by atoms with van der Waals surface area (Å²) in [6, 6.07) is 3.46. The van der Waals surface area contributed by atoms with Gasteiger partial charge in [-0.05, 0) is 30.7 Å². The number of aromatic nitrogens is 2. The number of anilines is 2. The van der Waals surface area contributed by atoms with Gasteiger partial charge in [-0.3, -0.25) is 0 Å². The summed E-state index contributed by atoms with van der Waals surface area (Å²) in [4.78, 5) is 25.2. The Bertz CT molecular complexity index is 996. The maximum Gasteiger partial charge on any atom is 0.349 e. The number of hydrogen-bond acceptors (Lipinski definition) is 9. The average Bonchev–Trinajstić information content (AvgIpc) is 3.30. The molecule has 2 saturated heterocycles. The number of esters is 1. The van der Waals surface area contributed by atoms with Gasteiger partial charge in [0.2, 0.25) is 10.0 Å². The summed E-state index contributed by atoms with van der Waals surface area (Å²) in [5, 5.41) is 1.60. The lowest BCUT2D eigenvalue weighted by Gasteiger charge is -2.35. The number of sulfonamides is 1. The molecule has 2 aliphatic rings. The minimum atomic E-state index is -3.76.